The van der Waals surface area contributed by atoms with Gasteiger partial charge in [-0.05, 0) is 50.5 Å². The molecule has 1 amide bonds. The second-order valence-electron chi connectivity index (χ2n) is 5.86. The number of amides is 1. The molecule has 1 aromatic heterocycles. The minimum absolute atomic E-state index is 0.283. The van der Waals surface area contributed by atoms with Gasteiger partial charge in [0.05, 0.1) is 5.69 Å². The highest BCUT2D eigenvalue weighted by molar-refractivity contribution is 6.67. The number of alkyl halides is 3. The molecule has 120 valence electrons. The van der Waals surface area contributed by atoms with E-state index in [1.165, 1.54) is 0 Å². The van der Waals surface area contributed by atoms with Crippen molar-refractivity contribution in [3.8, 4) is 0 Å². The van der Waals surface area contributed by atoms with E-state index in [2.05, 4.69) is 5.32 Å². The summed E-state index contributed by atoms with van der Waals surface area (Å²) in [6.07, 6.45) is 4.64. The molecule has 2 aliphatic rings. The monoisotopic (exact) mass is 362 g/mol. The zero-order valence-electron chi connectivity index (χ0n) is 12.2. The minimum atomic E-state index is -1.60. The Morgan fingerprint density at radius 2 is 2.09 bits per heavy atom. The van der Waals surface area contributed by atoms with Crippen LogP contribution in [-0.4, -0.2) is 21.5 Å². The van der Waals surface area contributed by atoms with Gasteiger partial charge in [0.25, 0.3) is 0 Å². The number of rotatable bonds is 3. The van der Waals surface area contributed by atoms with Gasteiger partial charge >= 0.3 is 6.09 Å². The second kappa shape index (κ2) is 6.06. The third-order valence-electron chi connectivity index (χ3n) is 4.03. The summed E-state index contributed by atoms with van der Waals surface area (Å²) in [5.74, 6) is 0.488. The maximum absolute atomic E-state index is 12.0. The number of hydrogen-bond donors (Lipinski definition) is 1. The molecule has 0 unspecified atom stereocenters. The molecule has 0 saturated heterocycles. The molecule has 1 fully saturated rings. The Balaban J connectivity index is 1.84. The molecule has 0 bridgehead atoms. The van der Waals surface area contributed by atoms with Gasteiger partial charge in [-0.1, -0.05) is 34.8 Å². The van der Waals surface area contributed by atoms with Crippen molar-refractivity contribution in [3.05, 3.63) is 22.5 Å². The number of ether oxygens (including phenoxy) is 1. The second-order valence-corrected chi connectivity index (χ2v) is 8.37. The summed E-state index contributed by atoms with van der Waals surface area (Å²) in [5, 5.41) is 2.87. The van der Waals surface area contributed by atoms with E-state index in [0.29, 0.717) is 5.92 Å². The number of halogens is 3. The van der Waals surface area contributed by atoms with E-state index in [0.717, 1.165) is 60.3 Å². The molecule has 1 saturated carbocycles. The van der Waals surface area contributed by atoms with Crippen LogP contribution in [0.3, 0.4) is 0 Å². The van der Waals surface area contributed by atoms with Crippen LogP contribution in [0.1, 0.15) is 47.7 Å². The zero-order valence-corrected chi connectivity index (χ0v) is 14.5. The summed E-state index contributed by atoms with van der Waals surface area (Å²) in [6.45, 7) is 1.72. The lowest BCUT2D eigenvalue weighted by molar-refractivity contribution is 0.164. The highest BCUT2D eigenvalue weighted by Gasteiger charge is 2.33. The van der Waals surface area contributed by atoms with E-state index in [4.69, 9.17) is 44.5 Å². The van der Waals surface area contributed by atoms with E-state index in [9.17, 15) is 4.79 Å². The molecule has 4 nitrogen and oxygen atoms in total. The highest BCUT2D eigenvalue weighted by Crippen LogP contribution is 2.47. The van der Waals surface area contributed by atoms with Crippen LogP contribution in [0.25, 0.3) is 0 Å². The lowest BCUT2D eigenvalue weighted by Crippen LogP contribution is -2.22. The number of pyridine rings is 1. The Morgan fingerprint density at radius 1 is 1.36 bits per heavy atom. The number of aryl methyl sites for hydroxylation is 2. The summed E-state index contributed by atoms with van der Waals surface area (Å²) in [4.78, 5) is 16.7. The number of carbonyl (C=O) groups is 1. The third-order valence-corrected chi connectivity index (χ3v) is 4.36. The fourth-order valence-electron chi connectivity index (χ4n) is 3.03. The predicted octanol–water partition coefficient (Wildman–Crippen LogP) is 4.67. The summed E-state index contributed by atoms with van der Waals surface area (Å²) in [7, 11) is 0. The first-order valence-electron chi connectivity index (χ1n) is 7.38. The molecule has 0 aromatic carbocycles. The molecule has 3 rings (SSSR count). The van der Waals surface area contributed by atoms with Gasteiger partial charge in [-0.25, -0.2) is 4.79 Å². The van der Waals surface area contributed by atoms with E-state index in [-0.39, 0.29) is 6.61 Å². The SMILES string of the molecule is Cc1nc2c(c(NC(=O)OCC(Cl)(Cl)Cl)c1C1CC1)CCC2. The number of anilines is 1. The summed E-state index contributed by atoms with van der Waals surface area (Å²) in [6, 6.07) is 0. The van der Waals surface area contributed by atoms with Crippen LogP contribution in [0.2, 0.25) is 0 Å². The molecule has 22 heavy (non-hydrogen) atoms. The lowest BCUT2D eigenvalue weighted by atomic mass is 10.0. The van der Waals surface area contributed by atoms with Crippen LogP contribution in [0.4, 0.5) is 10.5 Å². The normalized spacial score (nSPS) is 17.3. The molecule has 0 atom stereocenters. The van der Waals surface area contributed by atoms with Crippen molar-refractivity contribution < 1.29 is 9.53 Å². The number of carbonyl (C=O) groups excluding carboxylic acids is 1. The zero-order chi connectivity index (χ0) is 15.9. The summed E-state index contributed by atoms with van der Waals surface area (Å²) in [5.41, 5.74) is 5.24. The van der Waals surface area contributed by atoms with Crippen molar-refractivity contribution >= 4 is 46.6 Å². The van der Waals surface area contributed by atoms with E-state index in [1.54, 1.807) is 0 Å². The first-order valence-corrected chi connectivity index (χ1v) is 8.51. The van der Waals surface area contributed by atoms with Crippen molar-refractivity contribution in [2.75, 3.05) is 11.9 Å². The third kappa shape index (κ3) is 3.61. The van der Waals surface area contributed by atoms with Crippen LogP contribution in [-0.2, 0) is 17.6 Å². The van der Waals surface area contributed by atoms with Crippen LogP contribution >= 0.6 is 34.8 Å². The van der Waals surface area contributed by atoms with Gasteiger partial charge in [0, 0.05) is 17.0 Å². The number of nitrogens with zero attached hydrogens (tertiary/aromatic N) is 1. The molecular formula is C15H17Cl3N2O2. The molecule has 1 heterocycles. The Kier molecular flexibility index (Phi) is 4.45. The average molecular weight is 364 g/mol. The van der Waals surface area contributed by atoms with Crippen molar-refractivity contribution in [2.45, 2.75) is 48.7 Å². The van der Waals surface area contributed by atoms with Crippen LogP contribution < -0.4 is 5.32 Å². The van der Waals surface area contributed by atoms with Crippen LogP contribution in [0, 0.1) is 6.92 Å². The molecule has 1 N–H and O–H groups in total. The Morgan fingerprint density at radius 3 is 2.73 bits per heavy atom. The fraction of sp³-hybridized carbons (Fsp3) is 0.600. The van der Waals surface area contributed by atoms with E-state index >= 15 is 0 Å². The number of fused-ring (bicyclic) bond motifs is 1. The Bertz CT molecular complexity index is 610. The van der Waals surface area contributed by atoms with Gasteiger partial charge in [0.15, 0.2) is 0 Å². The van der Waals surface area contributed by atoms with Gasteiger partial charge in [0.1, 0.15) is 6.61 Å². The Hall–Kier alpha value is -0.710. The predicted molar refractivity (Wildman–Crippen MR) is 88.2 cm³/mol. The first kappa shape index (κ1) is 16.2. The Labute approximate surface area is 144 Å². The highest BCUT2D eigenvalue weighted by atomic mass is 35.6. The first-order chi connectivity index (χ1) is 10.3. The molecule has 7 heteroatoms. The number of aromatic nitrogens is 1. The molecule has 0 aliphatic heterocycles. The van der Waals surface area contributed by atoms with Crippen molar-refractivity contribution in [1.82, 2.24) is 4.98 Å². The van der Waals surface area contributed by atoms with Gasteiger partial charge in [-0.2, -0.15) is 0 Å². The molecule has 0 spiro atoms. The lowest BCUT2D eigenvalue weighted by Gasteiger charge is -2.18. The summed E-state index contributed by atoms with van der Waals surface area (Å²) >= 11 is 16.8. The van der Waals surface area contributed by atoms with Gasteiger partial charge in [-0.15, -0.1) is 0 Å². The standard InChI is InChI=1S/C15H17Cl3N2O2/c1-8-12(9-5-6-9)13(10-3-2-4-11(10)19-8)20-14(21)22-7-15(16,17)18/h9H,2-7H2,1H3,(H,19,20,21). The van der Waals surface area contributed by atoms with Crippen molar-refractivity contribution in [2.24, 2.45) is 0 Å². The maximum Gasteiger partial charge on any atom is 0.411 e. The van der Waals surface area contributed by atoms with Crippen LogP contribution in [0.15, 0.2) is 0 Å². The number of nitrogens with one attached hydrogen (secondary N) is 1. The van der Waals surface area contributed by atoms with E-state index < -0.39 is 9.89 Å². The van der Waals surface area contributed by atoms with Gasteiger partial charge < -0.3 is 4.74 Å². The maximum atomic E-state index is 12.0. The van der Waals surface area contributed by atoms with Crippen molar-refractivity contribution in [1.29, 1.82) is 0 Å². The molecule has 2 aliphatic carbocycles. The largest absolute Gasteiger partial charge is 0.445 e. The fourth-order valence-corrected chi connectivity index (χ4v) is 3.19. The smallest absolute Gasteiger partial charge is 0.411 e. The van der Waals surface area contributed by atoms with E-state index in [1.807, 2.05) is 6.92 Å². The van der Waals surface area contributed by atoms with Gasteiger partial charge in [-0.3, -0.25) is 10.3 Å². The average Bonchev–Trinajstić information content (AvgIpc) is 3.13. The topological polar surface area (TPSA) is 51.2 Å². The van der Waals surface area contributed by atoms with Crippen LogP contribution in [0.5, 0.6) is 0 Å². The molecule has 0 radical (unpaired) electrons. The minimum Gasteiger partial charge on any atom is -0.445 e. The quantitative estimate of drug-likeness (QED) is 0.794. The number of hydrogen-bond acceptors (Lipinski definition) is 3. The molecular weight excluding hydrogens is 347 g/mol. The summed E-state index contributed by atoms with van der Waals surface area (Å²) < 4.78 is 3.39. The molecule has 1 aromatic rings. The van der Waals surface area contributed by atoms with Gasteiger partial charge in [0.2, 0.25) is 3.79 Å². The van der Waals surface area contributed by atoms with Crippen molar-refractivity contribution in [3.63, 3.8) is 0 Å².